The molecule has 0 unspecified atom stereocenters. The fourth-order valence-electron chi connectivity index (χ4n) is 1.34. The quantitative estimate of drug-likeness (QED) is 0.839. The molecule has 0 fully saturated rings. The molecule has 0 atom stereocenters. The van der Waals surface area contributed by atoms with Crippen molar-refractivity contribution in [3.05, 3.63) is 11.9 Å². The molecule has 16 heavy (non-hydrogen) atoms. The van der Waals surface area contributed by atoms with Crippen LogP contribution in [-0.2, 0) is 16.9 Å². The predicted molar refractivity (Wildman–Crippen MR) is 65.4 cm³/mol. The van der Waals surface area contributed by atoms with Gasteiger partial charge in [-0.05, 0) is 20.8 Å². The number of hydrogen-bond acceptors (Lipinski definition) is 4. The van der Waals surface area contributed by atoms with Crippen LogP contribution in [0.25, 0.3) is 0 Å². The summed E-state index contributed by atoms with van der Waals surface area (Å²) >= 11 is 0. The highest BCUT2D eigenvalue weighted by atomic mass is 32.2. The van der Waals surface area contributed by atoms with Gasteiger partial charge in [-0.3, -0.25) is 4.68 Å². The van der Waals surface area contributed by atoms with Crippen molar-refractivity contribution in [2.75, 3.05) is 17.6 Å². The van der Waals surface area contributed by atoms with Crippen molar-refractivity contribution in [3.8, 4) is 0 Å². The highest BCUT2D eigenvalue weighted by Crippen LogP contribution is 2.11. The maximum absolute atomic E-state index is 11.5. The summed E-state index contributed by atoms with van der Waals surface area (Å²) in [5.74, 6) is 0.152. The molecule has 5 nitrogen and oxygen atoms in total. The molecule has 0 radical (unpaired) electrons. The minimum absolute atomic E-state index is 0.152. The molecular weight excluding hydrogens is 226 g/mol. The van der Waals surface area contributed by atoms with Gasteiger partial charge < -0.3 is 5.32 Å². The third kappa shape index (κ3) is 3.23. The van der Waals surface area contributed by atoms with Crippen LogP contribution in [0.5, 0.6) is 0 Å². The summed E-state index contributed by atoms with van der Waals surface area (Å²) in [5.41, 5.74) is 1.77. The number of nitrogens with zero attached hydrogens (tertiary/aromatic N) is 2. The lowest BCUT2D eigenvalue weighted by Gasteiger charge is -2.08. The molecule has 0 aliphatic heterocycles. The first-order valence-electron chi connectivity index (χ1n) is 5.28. The van der Waals surface area contributed by atoms with Gasteiger partial charge in [0.15, 0.2) is 9.84 Å². The fourth-order valence-corrected chi connectivity index (χ4v) is 2.19. The molecule has 0 saturated carbocycles. The summed E-state index contributed by atoms with van der Waals surface area (Å²) in [6.45, 7) is 5.71. The van der Waals surface area contributed by atoms with Crippen molar-refractivity contribution < 1.29 is 8.42 Å². The summed E-state index contributed by atoms with van der Waals surface area (Å²) in [4.78, 5) is 0. The topological polar surface area (TPSA) is 64.0 Å². The first-order chi connectivity index (χ1) is 7.33. The molecule has 6 heteroatoms. The second-order valence-corrected chi connectivity index (χ2v) is 6.82. The Hall–Kier alpha value is -1.04. The molecular formula is C10H19N3O2S. The van der Waals surface area contributed by atoms with Gasteiger partial charge in [-0.25, -0.2) is 8.42 Å². The lowest BCUT2D eigenvalue weighted by molar-refractivity contribution is 0.588. The van der Waals surface area contributed by atoms with Gasteiger partial charge in [0, 0.05) is 19.8 Å². The molecule has 0 aliphatic carbocycles. The van der Waals surface area contributed by atoms with Crippen LogP contribution >= 0.6 is 0 Å². The van der Waals surface area contributed by atoms with Crippen molar-refractivity contribution in [1.82, 2.24) is 9.78 Å². The molecule has 1 heterocycles. The Morgan fingerprint density at radius 3 is 2.56 bits per heavy atom. The third-order valence-corrected chi connectivity index (χ3v) is 4.64. The average molecular weight is 245 g/mol. The van der Waals surface area contributed by atoms with Crippen molar-refractivity contribution in [2.24, 2.45) is 7.05 Å². The van der Waals surface area contributed by atoms with E-state index in [9.17, 15) is 8.42 Å². The van der Waals surface area contributed by atoms with E-state index in [1.807, 2.05) is 20.2 Å². The van der Waals surface area contributed by atoms with Gasteiger partial charge in [-0.2, -0.15) is 5.10 Å². The Kier molecular flexibility index (Phi) is 3.96. The van der Waals surface area contributed by atoms with Crippen LogP contribution in [0.3, 0.4) is 0 Å². The van der Waals surface area contributed by atoms with E-state index in [-0.39, 0.29) is 11.0 Å². The zero-order chi connectivity index (χ0) is 12.3. The van der Waals surface area contributed by atoms with E-state index in [0.29, 0.717) is 6.54 Å². The molecule has 1 rings (SSSR count). The van der Waals surface area contributed by atoms with E-state index < -0.39 is 9.84 Å². The molecule has 0 spiro atoms. The SMILES string of the molecule is Cc1nn(C)cc1NCCS(=O)(=O)C(C)C. The van der Waals surface area contributed by atoms with Crippen LogP contribution in [0.4, 0.5) is 5.69 Å². The van der Waals surface area contributed by atoms with Crippen molar-refractivity contribution in [1.29, 1.82) is 0 Å². The van der Waals surface area contributed by atoms with Gasteiger partial charge in [-0.1, -0.05) is 0 Å². The van der Waals surface area contributed by atoms with Crippen LogP contribution < -0.4 is 5.32 Å². The first kappa shape index (κ1) is 13.0. The van der Waals surface area contributed by atoms with Gasteiger partial charge in [0.05, 0.1) is 22.4 Å². The van der Waals surface area contributed by atoms with Crippen LogP contribution in [0.15, 0.2) is 6.20 Å². The minimum Gasteiger partial charge on any atom is -0.381 e. The van der Waals surface area contributed by atoms with Gasteiger partial charge in [-0.15, -0.1) is 0 Å². The maximum Gasteiger partial charge on any atom is 0.154 e. The summed E-state index contributed by atoms with van der Waals surface area (Å²) in [6.07, 6.45) is 1.84. The normalized spacial score (nSPS) is 12.1. The lowest BCUT2D eigenvalue weighted by atomic mass is 10.4. The number of aromatic nitrogens is 2. The molecule has 92 valence electrons. The summed E-state index contributed by atoms with van der Waals surface area (Å²) < 4.78 is 24.8. The van der Waals surface area contributed by atoms with Gasteiger partial charge in [0.2, 0.25) is 0 Å². The number of aryl methyl sites for hydroxylation is 2. The largest absolute Gasteiger partial charge is 0.381 e. The lowest BCUT2D eigenvalue weighted by Crippen LogP contribution is -2.22. The van der Waals surface area contributed by atoms with E-state index in [1.54, 1.807) is 18.5 Å². The summed E-state index contributed by atoms with van der Waals surface area (Å²) in [5, 5.41) is 6.93. The Bertz CT molecular complexity index is 449. The zero-order valence-electron chi connectivity index (χ0n) is 10.2. The summed E-state index contributed by atoms with van der Waals surface area (Å²) in [7, 11) is -1.13. The standard InChI is InChI=1S/C10H19N3O2S/c1-8(2)16(14,15)6-5-11-10-7-13(4)12-9(10)3/h7-8,11H,5-6H2,1-4H3. The highest BCUT2D eigenvalue weighted by molar-refractivity contribution is 7.92. The molecule has 0 aliphatic rings. The number of hydrogen-bond donors (Lipinski definition) is 1. The van der Waals surface area contributed by atoms with Gasteiger partial charge in [0.1, 0.15) is 0 Å². The van der Waals surface area contributed by atoms with Gasteiger partial charge >= 0.3 is 0 Å². The zero-order valence-corrected chi connectivity index (χ0v) is 11.0. The Morgan fingerprint density at radius 1 is 1.50 bits per heavy atom. The van der Waals surface area contributed by atoms with E-state index in [4.69, 9.17) is 0 Å². The van der Waals surface area contributed by atoms with Crippen LogP contribution in [0.1, 0.15) is 19.5 Å². The Labute approximate surface area is 96.8 Å². The Morgan fingerprint density at radius 2 is 2.12 bits per heavy atom. The first-order valence-corrected chi connectivity index (χ1v) is 7.00. The highest BCUT2D eigenvalue weighted by Gasteiger charge is 2.15. The number of rotatable bonds is 5. The van der Waals surface area contributed by atoms with Crippen LogP contribution in [-0.4, -0.2) is 35.7 Å². The fraction of sp³-hybridized carbons (Fsp3) is 0.700. The minimum atomic E-state index is -2.96. The van der Waals surface area contributed by atoms with E-state index in [1.165, 1.54) is 0 Å². The molecule has 0 aromatic carbocycles. The monoisotopic (exact) mass is 245 g/mol. The second-order valence-electron chi connectivity index (χ2n) is 4.14. The predicted octanol–water partition coefficient (Wildman–Crippen LogP) is 0.964. The summed E-state index contributed by atoms with van der Waals surface area (Å²) in [6, 6.07) is 0. The van der Waals surface area contributed by atoms with Crippen LogP contribution in [0.2, 0.25) is 0 Å². The molecule has 1 N–H and O–H groups in total. The van der Waals surface area contributed by atoms with Crippen molar-refractivity contribution in [2.45, 2.75) is 26.0 Å². The van der Waals surface area contributed by atoms with Crippen molar-refractivity contribution in [3.63, 3.8) is 0 Å². The van der Waals surface area contributed by atoms with Crippen LogP contribution in [0, 0.1) is 6.92 Å². The van der Waals surface area contributed by atoms with Crippen molar-refractivity contribution >= 4 is 15.5 Å². The number of nitrogens with one attached hydrogen (secondary N) is 1. The molecule has 0 bridgehead atoms. The van der Waals surface area contributed by atoms with E-state index in [2.05, 4.69) is 10.4 Å². The van der Waals surface area contributed by atoms with E-state index in [0.717, 1.165) is 11.4 Å². The molecule has 1 aromatic rings. The Balaban J connectivity index is 2.51. The molecule has 0 amide bonds. The molecule has 0 saturated heterocycles. The second kappa shape index (κ2) is 4.86. The molecule has 1 aromatic heterocycles. The third-order valence-electron chi connectivity index (χ3n) is 2.43. The smallest absolute Gasteiger partial charge is 0.154 e. The number of sulfone groups is 1. The average Bonchev–Trinajstić information content (AvgIpc) is 2.44. The maximum atomic E-state index is 11.5. The van der Waals surface area contributed by atoms with Gasteiger partial charge in [0.25, 0.3) is 0 Å². The number of anilines is 1. The van der Waals surface area contributed by atoms with E-state index >= 15 is 0 Å².